The number of hydrogen-bond donors (Lipinski definition) is 1. The van der Waals surface area contributed by atoms with E-state index < -0.39 is 9.84 Å². The van der Waals surface area contributed by atoms with Gasteiger partial charge in [-0.3, -0.25) is 0 Å². The van der Waals surface area contributed by atoms with Crippen molar-refractivity contribution in [1.82, 2.24) is 14.6 Å². The van der Waals surface area contributed by atoms with Crippen LogP contribution < -0.4 is 5.73 Å². The predicted molar refractivity (Wildman–Crippen MR) is 72.5 cm³/mol. The standard InChI is InChI=1S/C12H16N4O2S/c13-11-1-4-14-12-8-10(15-16(11)12)7-9-2-5-19(17,18)6-3-9/h1,4,8-9H,2-3,5-7,13H2. The van der Waals surface area contributed by atoms with Crippen molar-refractivity contribution in [3.8, 4) is 0 Å². The molecule has 0 saturated carbocycles. The lowest BCUT2D eigenvalue weighted by atomic mass is 9.97. The summed E-state index contributed by atoms with van der Waals surface area (Å²) in [5, 5.41) is 4.42. The Hall–Kier alpha value is -1.63. The third-order valence-corrected chi connectivity index (χ3v) is 5.33. The lowest BCUT2D eigenvalue weighted by Crippen LogP contribution is -2.24. The molecule has 102 valence electrons. The highest BCUT2D eigenvalue weighted by molar-refractivity contribution is 7.91. The Morgan fingerprint density at radius 1 is 1.37 bits per heavy atom. The molecule has 1 aliphatic heterocycles. The number of rotatable bonds is 2. The molecule has 7 heteroatoms. The summed E-state index contributed by atoms with van der Waals surface area (Å²) in [5.74, 6) is 1.54. The first-order chi connectivity index (χ1) is 9.03. The van der Waals surface area contributed by atoms with Crippen molar-refractivity contribution >= 4 is 21.3 Å². The molecule has 2 aromatic heterocycles. The van der Waals surface area contributed by atoms with E-state index in [1.54, 1.807) is 16.8 Å². The van der Waals surface area contributed by atoms with E-state index in [0.717, 1.165) is 30.6 Å². The molecule has 3 heterocycles. The van der Waals surface area contributed by atoms with Crippen molar-refractivity contribution in [3.05, 3.63) is 24.0 Å². The van der Waals surface area contributed by atoms with Gasteiger partial charge in [-0.1, -0.05) is 0 Å². The molecule has 6 nitrogen and oxygen atoms in total. The first kappa shape index (κ1) is 12.4. The minimum atomic E-state index is -2.80. The van der Waals surface area contributed by atoms with Crippen LogP contribution in [0, 0.1) is 5.92 Å². The second-order valence-electron chi connectivity index (χ2n) is 5.07. The molecular weight excluding hydrogens is 264 g/mol. The lowest BCUT2D eigenvalue weighted by Gasteiger charge is -2.20. The smallest absolute Gasteiger partial charge is 0.157 e. The fraction of sp³-hybridized carbons (Fsp3) is 0.500. The van der Waals surface area contributed by atoms with Gasteiger partial charge in [-0.25, -0.2) is 13.4 Å². The molecule has 3 rings (SSSR count). The fourth-order valence-corrected chi connectivity index (χ4v) is 4.09. The van der Waals surface area contributed by atoms with Crippen molar-refractivity contribution < 1.29 is 8.42 Å². The summed E-state index contributed by atoms with van der Waals surface area (Å²) in [6.45, 7) is 0. The first-order valence-electron chi connectivity index (χ1n) is 6.33. The van der Waals surface area contributed by atoms with Crippen LogP contribution in [0.5, 0.6) is 0 Å². The average molecular weight is 280 g/mol. The third-order valence-electron chi connectivity index (χ3n) is 3.61. The van der Waals surface area contributed by atoms with Crippen molar-refractivity contribution in [3.63, 3.8) is 0 Å². The zero-order valence-electron chi connectivity index (χ0n) is 10.5. The Bertz CT molecular complexity index is 694. The first-order valence-corrected chi connectivity index (χ1v) is 8.15. The van der Waals surface area contributed by atoms with Crippen molar-refractivity contribution in [1.29, 1.82) is 0 Å². The van der Waals surface area contributed by atoms with E-state index in [1.165, 1.54) is 0 Å². The summed E-state index contributed by atoms with van der Waals surface area (Å²) in [6, 6.07) is 3.62. The van der Waals surface area contributed by atoms with Crippen molar-refractivity contribution in [2.75, 3.05) is 17.2 Å². The van der Waals surface area contributed by atoms with E-state index >= 15 is 0 Å². The number of nitrogen functional groups attached to an aromatic ring is 1. The SMILES string of the molecule is Nc1ccnc2cc(CC3CCS(=O)(=O)CC3)nn12. The van der Waals surface area contributed by atoms with E-state index in [4.69, 9.17) is 5.73 Å². The highest BCUT2D eigenvalue weighted by atomic mass is 32.2. The third kappa shape index (κ3) is 2.56. The van der Waals surface area contributed by atoms with Gasteiger partial charge in [0, 0.05) is 12.3 Å². The molecule has 1 saturated heterocycles. The average Bonchev–Trinajstić information content (AvgIpc) is 2.76. The second kappa shape index (κ2) is 4.48. The quantitative estimate of drug-likeness (QED) is 0.873. The number of aromatic nitrogens is 3. The molecule has 0 unspecified atom stereocenters. The van der Waals surface area contributed by atoms with Crippen LogP contribution >= 0.6 is 0 Å². The van der Waals surface area contributed by atoms with Gasteiger partial charge in [0.2, 0.25) is 0 Å². The lowest BCUT2D eigenvalue weighted by molar-refractivity contribution is 0.458. The topological polar surface area (TPSA) is 90.3 Å². The highest BCUT2D eigenvalue weighted by Gasteiger charge is 2.24. The van der Waals surface area contributed by atoms with Crippen LogP contribution in [0.15, 0.2) is 18.3 Å². The molecule has 0 amide bonds. The number of fused-ring (bicyclic) bond motifs is 1. The molecule has 0 atom stereocenters. The monoisotopic (exact) mass is 280 g/mol. The molecule has 2 N–H and O–H groups in total. The van der Waals surface area contributed by atoms with Gasteiger partial charge in [0.25, 0.3) is 0 Å². The molecular formula is C12H16N4O2S. The number of sulfone groups is 1. The van der Waals surface area contributed by atoms with E-state index in [9.17, 15) is 8.42 Å². The van der Waals surface area contributed by atoms with Crippen LogP contribution in [0.3, 0.4) is 0 Å². The minimum absolute atomic E-state index is 0.297. The molecule has 1 aliphatic rings. The summed E-state index contributed by atoms with van der Waals surface area (Å²) in [7, 11) is -2.80. The van der Waals surface area contributed by atoms with Crippen LogP contribution in [0.4, 0.5) is 5.82 Å². The predicted octanol–water partition coefficient (Wildman–Crippen LogP) is 0.679. The maximum absolute atomic E-state index is 11.4. The van der Waals surface area contributed by atoms with Crippen LogP contribution in [0.1, 0.15) is 18.5 Å². The molecule has 0 radical (unpaired) electrons. The summed E-state index contributed by atoms with van der Waals surface area (Å²) in [5.41, 5.74) is 7.48. The normalized spacial score (nSPS) is 19.8. The number of hydrogen-bond acceptors (Lipinski definition) is 5. The summed E-state index contributed by atoms with van der Waals surface area (Å²) >= 11 is 0. The summed E-state index contributed by atoms with van der Waals surface area (Å²) in [6.07, 6.45) is 3.89. The summed E-state index contributed by atoms with van der Waals surface area (Å²) in [4.78, 5) is 4.20. The Kier molecular flexibility index (Phi) is 2.93. The van der Waals surface area contributed by atoms with Gasteiger partial charge in [-0.15, -0.1) is 0 Å². The number of nitrogens with zero attached hydrogens (tertiary/aromatic N) is 3. The van der Waals surface area contributed by atoms with Gasteiger partial charge in [0.05, 0.1) is 17.2 Å². The van der Waals surface area contributed by atoms with Gasteiger partial charge in [-0.05, 0) is 31.2 Å². The molecule has 0 spiro atoms. The van der Waals surface area contributed by atoms with Gasteiger partial charge in [0.15, 0.2) is 5.65 Å². The fourth-order valence-electron chi connectivity index (χ4n) is 2.50. The summed E-state index contributed by atoms with van der Waals surface area (Å²) < 4.78 is 24.4. The Balaban J connectivity index is 1.77. The number of anilines is 1. The van der Waals surface area contributed by atoms with Gasteiger partial charge in [0.1, 0.15) is 15.7 Å². The van der Waals surface area contributed by atoms with E-state index in [2.05, 4.69) is 10.1 Å². The number of nitrogens with two attached hydrogens (primary N) is 1. The van der Waals surface area contributed by atoms with E-state index in [1.807, 2.05) is 6.07 Å². The van der Waals surface area contributed by atoms with Gasteiger partial charge < -0.3 is 5.73 Å². The molecule has 0 bridgehead atoms. The molecule has 19 heavy (non-hydrogen) atoms. The van der Waals surface area contributed by atoms with Crippen LogP contribution in [-0.2, 0) is 16.3 Å². The van der Waals surface area contributed by atoms with Crippen molar-refractivity contribution in [2.24, 2.45) is 5.92 Å². The highest BCUT2D eigenvalue weighted by Crippen LogP contribution is 2.23. The zero-order valence-corrected chi connectivity index (χ0v) is 11.3. The van der Waals surface area contributed by atoms with Gasteiger partial charge >= 0.3 is 0 Å². The molecule has 2 aromatic rings. The van der Waals surface area contributed by atoms with Crippen LogP contribution in [-0.4, -0.2) is 34.5 Å². The van der Waals surface area contributed by atoms with Crippen molar-refractivity contribution in [2.45, 2.75) is 19.3 Å². The van der Waals surface area contributed by atoms with Crippen LogP contribution in [0.25, 0.3) is 5.65 Å². The van der Waals surface area contributed by atoms with E-state index in [-0.39, 0.29) is 0 Å². The Morgan fingerprint density at radius 2 is 2.11 bits per heavy atom. The van der Waals surface area contributed by atoms with E-state index in [0.29, 0.717) is 23.2 Å². The maximum Gasteiger partial charge on any atom is 0.157 e. The molecule has 1 fully saturated rings. The molecule has 0 aliphatic carbocycles. The molecule has 0 aromatic carbocycles. The maximum atomic E-state index is 11.4. The van der Waals surface area contributed by atoms with Gasteiger partial charge in [-0.2, -0.15) is 9.61 Å². The zero-order chi connectivity index (χ0) is 13.5. The second-order valence-corrected chi connectivity index (χ2v) is 7.38. The minimum Gasteiger partial charge on any atom is -0.384 e. The Labute approximate surface area is 111 Å². The largest absolute Gasteiger partial charge is 0.384 e. The Morgan fingerprint density at radius 3 is 2.79 bits per heavy atom. The van der Waals surface area contributed by atoms with Crippen LogP contribution in [0.2, 0.25) is 0 Å².